The van der Waals surface area contributed by atoms with Crippen molar-refractivity contribution in [2.45, 2.75) is 11.3 Å². The Morgan fingerprint density at radius 2 is 1.79 bits per heavy atom. The summed E-state index contributed by atoms with van der Waals surface area (Å²) in [6, 6.07) is 14.4. The molecule has 3 rings (SSSR count). The molecule has 1 saturated heterocycles. The molecule has 5 nitrogen and oxygen atoms in total. The molecule has 0 aliphatic carbocycles. The van der Waals surface area contributed by atoms with E-state index < -0.39 is 10.0 Å². The number of anilines is 2. The second kappa shape index (κ2) is 7.01. The number of nitrogens with two attached hydrogens (primary N) is 1. The van der Waals surface area contributed by atoms with Crippen LogP contribution in [0.1, 0.15) is 6.42 Å². The Balaban J connectivity index is 1.53. The topological polar surface area (TPSA) is 75.4 Å². The molecule has 7 heteroatoms. The number of hydrogen-bond donors (Lipinski definition) is 2. The molecule has 0 aromatic heterocycles. The Morgan fingerprint density at radius 3 is 2.42 bits per heavy atom. The first kappa shape index (κ1) is 17.1. The Bertz CT molecular complexity index is 792. The lowest BCUT2D eigenvalue weighted by molar-refractivity contribution is 0.598. The Morgan fingerprint density at radius 1 is 1.12 bits per heavy atom. The molecular formula is C17H20ClN3O2S. The highest BCUT2D eigenvalue weighted by Gasteiger charge is 2.22. The lowest BCUT2D eigenvalue weighted by atomic mass is 10.1. The maximum absolute atomic E-state index is 11.2. The molecule has 0 bridgehead atoms. The van der Waals surface area contributed by atoms with E-state index in [1.807, 2.05) is 24.3 Å². The monoisotopic (exact) mass is 365 g/mol. The van der Waals surface area contributed by atoms with Gasteiger partial charge in [0.25, 0.3) is 0 Å². The van der Waals surface area contributed by atoms with Gasteiger partial charge in [0.2, 0.25) is 10.0 Å². The zero-order valence-corrected chi connectivity index (χ0v) is 14.7. The summed E-state index contributed by atoms with van der Waals surface area (Å²) in [7, 11) is -3.64. The largest absolute Gasteiger partial charge is 0.385 e. The van der Waals surface area contributed by atoms with Crippen LogP contribution in [0.5, 0.6) is 0 Å². The average Bonchev–Trinajstić information content (AvgIpc) is 3.02. The van der Waals surface area contributed by atoms with Gasteiger partial charge in [-0.3, -0.25) is 0 Å². The Hall–Kier alpha value is -1.76. The summed E-state index contributed by atoms with van der Waals surface area (Å²) in [5, 5.41) is 9.21. The summed E-state index contributed by atoms with van der Waals surface area (Å²) in [6.45, 7) is 2.86. The smallest absolute Gasteiger partial charge is 0.238 e. The molecular weight excluding hydrogens is 346 g/mol. The van der Waals surface area contributed by atoms with Crippen molar-refractivity contribution in [2.24, 2.45) is 11.1 Å². The van der Waals surface area contributed by atoms with Crippen molar-refractivity contribution in [3.63, 3.8) is 0 Å². The molecule has 1 atom stereocenters. The average molecular weight is 366 g/mol. The van der Waals surface area contributed by atoms with Gasteiger partial charge in [0.15, 0.2) is 0 Å². The fourth-order valence-electron chi connectivity index (χ4n) is 2.91. The van der Waals surface area contributed by atoms with Crippen LogP contribution < -0.4 is 15.4 Å². The molecule has 2 aromatic carbocycles. The Labute approximate surface area is 147 Å². The number of rotatable bonds is 5. The zero-order chi connectivity index (χ0) is 17.2. The fraction of sp³-hybridized carbons (Fsp3) is 0.294. The summed E-state index contributed by atoms with van der Waals surface area (Å²) in [5.74, 6) is 0.540. The van der Waals surface area contributed by atoms with Gasteiger partial charge in [0.05, 0.1) is 4.90 Å². The normalized spacial score (nSPS) is 17.9. The van der Waals surface area contributed by atoms with E-state index >= 15 is 0 Å². The summed E-state index contributed by atoms with van der Waals surface area (Å²) in [5.41, 5.74) is 2.09. The van der Waals surface area contributed by atoms with Gasteiger partial charge in [0, 0.05) is 36.0 Å². The molecule has 1 aliphatic heterocycles. The van der Waals surface area contributed by atoms with E-state index in [1.165, 1.54) is 17.8 Å². The summed E-state index contributed by atoms with van der Waals surface area (Å²) >= 11 is 5.93. The third-order valence-electron chi connectivity index (χ3n) is 4.26. The lowest BCUT2D eigenvalue weighted by Gasteiger charge is -2.19. The van der Waals surface area contributed by atoms with Crippen LogP contribution in [0.25, 0.3) is 0 Å². The molecule has 0 saturated carbocycles. The highest BCUT2D eigenvalue weighted by atomic mass is 35.5. The molecule has 1 heterocycles. The van der Waals surface area contributed by atoms with Gasteiger partial charge in [-0.25, -0.2) is 13.6 Å². The molecule has 1 unspecified atom stereocenters. The summed E-state index contributed by atoms with van der Waals surface area (Å²) in [6.07, 6.45) is 1.12. The van der Waals surface area contributed by atoms with E-state index in [4.69, 9.17) is 16.7 Å². The molecule has 24 heavy (non-hydrogen) atoms. The maximum atomic E-state index is 11.2. The van der Waals surface area contributed by atoms with Crippen LogP contribution in [0, 0.1) is 5.92 Å². The zero-order valence-electron chi connectivity index (χ0n) is 13.2. The maximum Gasteiger partial charge on any atom is 0.238 e. The van der Waals surface area contributed by atoms with Gasteiger partial charge in [-0.2, -0.15) is 0 Å². The van der Waals surface area contributed by atoms with Crippen LogP contribution in [-0.2, 0) is 10.0 Å². The van der Waals surface area contributed by atoms with Gasteiger partial charge in [0.1, 0.15) is 0 Å². The highest BCUT2D eigenvalue weighted by molar-refractivity contribution is 7.89. The van der Waals surface area contributed by atoms with Gasteiger partial charge in [-0.1, -0.05) is 11.6 Å². The van der Waals surface area contributed by atoms with Crippen LogP contribution in [-0.4, -0.2) is 28.1 Å². The van der Waals surface area contributed by atoms with Crippen molar-refractivity contribution in [1.82, 2.24) is 0 Å². The van der Waals surface area contributed by atoms with Crippen molar-refractivity contribution in [3.8, 4) is 0 Å². The van der Waals surface area contributed by atoms with E-state index in [1.54, 1.807) is 12.1 Å². The van der Waals surface area contributed by atoms with Crippen molar-refractivity contribution < 1.29 is 8.42 Å². The molecule has 0 spiro atoms. The standard InChI is InChI=1S/C17H20ClN3O2S/c18-14-1-5-16(6-2-14)21-10-9-13(12-21)11-20-15-3-7-17(8-4-15)24(19,22)23/h1-8,13,20H,9-12H2,(H2,19,22,23). The number of nitrogens with zero attached hydrogens (tertiary/aromatic N) is 1. The Kier molecular flexibility index (Phi) is 4.99. The van der Waals surface area contributed by atoms with Crippen LogP contribution in [0.2, 0.25) is 5.02 Å². The molecule has 1 fully saturated rings. The third kappa shape index (κ3) is 4.20. The minimum Gasteiger partial charge on any atom is -0.385 e. The highest BCUT2D eigenvalue weighted by Crippen LogP contribution is 2.25. The number of nitrogens with one attached hydrogen (secondary N) is 1. The van der Waals surface area contributed by atoms with Crippen LogP contribution >= 0.6 is 11.6 Å². The summed E-state index contributed by atoms with van der Waals surface area (Å²) < 4.78 is 22.5. The number of halogens is 1. The molecule has 2 aromatic rings. The van der Waals surface area contributed by atoms with E-state index in [2.05, 4.69) is 10.2 Å². The molecule has 128 valence electrons. The SMILES string of the molecule is NS(=O)(=O)c1ccc(NCC2CCN(c3ccc(Cl)cc3)C2)cc1. The van der Waals surface area contributed by atoms with E-state index in [-0.39, 0.29) is 4.90 Å². The first-order valence-corrected chi connectivity index (χ1v) is 9.71. The van der Waals surface area contributed by atoms with Crippen molar-refractivity contribution in [3.05, 3.63) is 53.6 Å². The van der Waals surface area contributed by atoms with Gasteiger partial charge in [-0.05, 0) is 60.9 Å². The molecule has 0 radical (unpaired) electrons. The first-order chi connectivity index (χ1) is 11.4. The number of primary sulfonamides is 1. The van der Waals surface area contributed by atoms with Crippen LogP contribution in [0.15, 0.2) is 53.4 Å². The molecule has 3 N–H and O–H groups in total. The van der Waals surface area contributed by atoms with Gasteiger partial charge >= 0.3 is 0 Å². The quantitative estimate of drug-likeness (QED) is 0.854. The van der Waals surface area contributed by atoms with Gasteiger partial charge in [-0.15, -0.1) is 0 Å². The van der Waals surface area contributed by atoms with Crippen LogP contribution in [0.3, 0.4) is 0 Å². The predicted octanol–water partition coefficient (Wildman–Crippen LogP) is 2.93. The third-order valence-corrected chi connectivity index (χ3v) is 5.44. The van der Waals surface area contributed by atoms with E-state index in [0.29, 0.717) is 5.92 Å². The minimum atomic E-state index is -3.64. The van der Waals surface area contributed by atoms with Crippen LogP contribution in [0.4, 0.5) is 11.4 Å². The minimum absolute atomic E-state index is 0.128. The molecule has 1 aliphatic rings. The number of benzene rings is 2. The van der Waals surface area contributed by atoms with Crippen molar-refractivity contribution in [1.29, 1.82) is 0 Å². The van der Waals surface area contributed by atoms with E-state index in [9.17, 15) is 8.42 Å². The van der Waals surface area contributed by atoms with Crippen molar-refractivity contribution >= 4 is 33.0 Å². The number of sulfonamides is 1. The predicted molar refractivity (Wildman–Crippen MR) is 98.1 cm³/mol. The fourth-order valence-corrected chi connectivity index (χ4v) is 3.55. The van der Waals surface area contributed by atoms with E-state index in [0.717, 1.165) is 36.8 Å². The second-order valence-corrected chi connectivity index (χ2v) is 8.03. The van der Waals surface area contributed by atoms with Crippen molar-refractivity contribution in [2.75, 3.05) is 29.9 Å². The summed E-state index contributed by atoms with van der Waals surface area (Å²) in [4.78, 5) is 2.48. The van der Waals surface area contributed by atoms with Gasteiger partial charge < -0.3 is 10.2 Å². The molecule has 0 amide bonds. The first-order valence-electron chi connectivity index (χ1n) is 7.79. The number of hydrogen-bond acceptors (Lipinski definition) is 4. The lowest BCUT2D eigenvalue weighted by Crippen LogP contribution is -2.22. The second-order valence-electron chi connectivity index (χ2n) is 6.03.